The van der Waals surface area contributed by atoms with Crippen molar-refractivity contribution in [2.75, 3.05) is 44.6 Å². The highest BCUT2D eigenvalue weighted by molar-refractivity contribution is 5.95. The largest absolute Gasteiger partial charge is 0.466 e. The van der Waals surface area contributed by atoms with Gasteiger partial charge in [-0.25, -0.2) is 0 Å². The first-order chi connectivity index (χ1) is 16.4. The Morgan fingerprint density at radius 1 is 1.09 bits per heavy atom. The summed E-state index contributed by atoms with van der Waals surface area (Å²) in [4.78, 5) is 53.3. The fourth-order valence-corrected chi connectivity index (χ4v) is 3.81. The molecule has 3 amide bonds. The number of carbonyl (C=O) groups is 4. The van der Waals surface area contributed by atoms with Crippen LogP contribution in [0.3, 0.4) is 0 Å². The molecule has 0 spiro atoms. The normalized spacial score (nSPS) is 15.4. The molecule has 1 saturated heterocycles. The monoisotopic (exact) mass is 474 g/mol. The second-order valence-corrected chi connectivity index (χ2v) is 8.40. The SMILES string of the molecule is CCCCOC(=O)CC1C(=O)NCCN1C(=O)CNc1ccc(C(=O)N(CCC)CCC)cc1. The summed E-state index contributed by atoms with van der Waals surface area (Å²) in [6, 6.07) is 6.15. The van der Waals surface area contributed by atoms with Crippen molar-refractivity contribution in [3.05, 3.63) is 29.8 Å². The molecule has 1 heterocycles. The maximum Gasteiger partial charge on any atom is 0.308 e. The van der Waals surface area contributed by atoms with Crippen molar-refractivity contribution in [2.24, 2.45) is 0 Å². The van der Waals surface area contributed by atoms with E-state index in [1.165, 1.54) is 4.90 Å². The summed E-state index contributed by atoms with van der Waals surface area (Å²) in [5.41, 5.74) is 1.30. The number of piperazine rings is 1. The van der Waals surface area contributed by atoms with E-state index in [0.29, 0.717) is 30.9 Å². The maximum atomic E-state index is 12.8. The molecule has 0 aliphatic carbocycles. The summed E-state index contributed by atoms with van der Waals surface area (Å²) in [7, 11) is 0. The van der Waals surface area contributed by atoms with Crippen molar-refractivity contribution in [2.45, 2.75) is 58.9 Å². The van der Waals surface area contributed by atoms with Crippen molar-refractivity contribution in [3.63, 3.8) is 0 Å². The molecule has 0 radical (unpaired) electrons. The van der Waals surface area contributed by atoms with E-state index in [2.05, 4.69) is 10.6 Å². The third kappa shape index (κ3) is 8.04. The van der Waals surface area contributed by atoms with Gasteiger partial charge in [0.05, 0.1) is 19.6 Å². The number of hydrogen-bond acceptors (Lipinski definition) is 6. The van der Waals surface area contributed by atoms with Crippen molar-refractivity contribution in [3.8, 4) is 0 Å². The second kappa shape index (κ2) is 14.2. The summed E-state index contributed by atoms with van der Waals surface area (Å²) >= 11 is 0. The van der Waals surface area contributed by atoms with Gasteiger partial charge in [0.2, 0.25) is 11.8 Å². The molecule has 1 aromatic rings. The number of amides is 3. The van der Waals surface area contributed by atoms with Gasteiger partial charge in [-0.1, -0.05) is 27.2 Å². The molecule has 9 heteroatoms. The van der Waals surface area contributed by atoms with Crippen LogP contribution in [0.25, 0.3) is 0 Å². The van der Waals surface area contributed by atoms with E-state index >= 15 is 0 Å². The van der Waals surface area contributed by atoms with Crippen LogP contribution in [0.4, 0.5) is 5.69 Å². The molecule has 1 aliphatic heterocycles. The average Bonchev–Trinajstić information content (AvgIpc) is 2.83. The Morgan fingerprint density at radius 3 is 2.38 bits per heavy atom. The molecule has 188 valence electrons. The lowest BCUT2D eigenvalue weighted by Crippen LogP contribution is -2.58. The van der Waals surface area contributed by atoms with Gasteiger partial charge in [-0.15, -0.1) is 0 Å². The van der Waals surface area contributed by atoms with Crippen molar-refractivity contribution in [1.82, 2.24) is 15.1 Å². The molecule has 0 saturated carbocycles. The molecule has 1 aromatic carbocycles. The minimum Gasteiger partial charge on any atom is -0.466 e. The molecule has 1 fully saturated rings. The number of esters is 1. The van der Waals surface area contributed by atoms with Crippen molar-refractivity contribution < 1.29 is 23.9 Å². The van der Waals surface area contributed by atoms with E-state index in [1.807, 2.05) is 25.7 Å². The number of rotatable bonds is 13. The lowest BCUT2D eigenvalue weighted by atomic mass is 10.1. The highest BCUT2D eigenvalue weighted by Gasteiger charge is 2.34. The van der Waals surface area contributed by atoms with Gasteiger partial charge in [-0.2, -0.15) is 0 Å². The summed E-state index contributed by atoms with van der Waals surface area (Å²) in [5.74, 6) is -1.11. The molecule has 34 heavy (non-hydrogen) atoms. The van der Waals surface area contributed by atoms with E-state index in [0.717, 1.165) is 38.8 Å². The number of nitrogens with zero attached hydrogens (tertiary/aromatic N) is 2. The van der Waals surface area contributed by atoms with Crippen molar-refractivity contribution >= 4 is 29.4 Å². The molecule has 2 rings (SSSR count). The van der Waals surface area contributed by atoms with Crippen LogP contribution in [0.2, 0.25) is 0 Å². The van der Waals surface area contributed by atoms with Gasteiger partial charge in [0.1, 0.15) is 6.04 Å². The predicted molar refractivity (Wildman–Crippen MR) is 130 cm³/mol. The van der Waals surface area contributed by atoms with Gasteiger partial charge >= 0.3 is 5.97 Å². The highest BCUT2D eigenvalue weighted by atomic mass is 16.5. The Hall–Kier alpha value is -3.10. The number of carbonyl (C=O) groups excluding carboxylic acids is 4. The topological polar surface area (TPSA) is 108 Å². The quantitative estimate of drug-likeness (QED) is 0.336. The summed E-state index contributed by atoms with van der Waals surface area (Å²) in [6.07, 6.45) is 3.30. The Bertz CT molecular complexity index is 821. The fourth-order valence-electron chi connectivity index (χ4n) is 3.81. The lowest BCUT2D eigenvalue weighted by Gasteiger charge is -2.34. The van der Waals surface area contributed by atoms with E-state index < -0.39 is 12.0 Å². The first kappa shape index (κ1) is 27.1. The molecule has 1 aliphatic rings. The Morgan fingerprint density at radius 2 is 1.76 bits per heavy atom. The minimum atomic E-state index is -0.875. The average molecular weight is 475 g/mol. The van der Waals surface area contributed by atoms with Crippen LogP contribution in [0.15, 0.2) is 24.3 Å². The molecular weight excluding hydrogens is 436 g/mol. The Balaban J connectivity index is 1.94. The maximum absolute atomic E-state index is 12.8. The van der Waals surface area contributed by atoms with Gasteiger partial charge in [0.25, 0.3) is 5.91 Å². The molecule has 9 nitrogen and oxygen atoms in total. The molecule has 2 N–H and O–H groups in total. The predicted octanol–water partition coefficient (Wildman–Crippen LogP) is 2.42. The van der Waals surface area contributed by atoms with Crippen LogP contribution < -0.4 is 10.6 Å². The highest BCUT2D eigenvalue weighted by Crippen LogP contribution is 2.14. The number of hydrogen-bond donors (Lipinski definition) is 2. The minimum absolute atomic E-state index is 0.000630. The van der Waals surface area contributed by atoms with Gasteiger partial charge in [-0.05, 0) is 43.5 Å². The molecule has 1 atom stereocenters. The third-order valence-electron chi connectivity index (χ3n) is 5.62. The molecule has 0 bridgehead atoms. The van der Waals surface area contributed by atoms with Crippen LogP contribution >= 0.6 is 0 Å². The van der Waals surface area contributed by atoms with Crippen molar-refractivity contribution in [1.29, 1.82) is 0 Å². The van der Waals surface area contributed by atoms with Crippen LogP contribution in [0.1, 0.15) is 63.2 Å². The first-order valence-corrected chi connectivity index (χ1v) is 12.3. The molecule has 0 aromatic heterocycles. The number of ether oxygens (including phenoxy) is 1. The van der Waals surface area contributed by atoms with Crippen LogP contribution in [-0.4, -0.2) is 78.9 Å². The molecular formula is C25H38N4O5. The van der Waals surface area contributed by atoms with Gasteiger partial charge in [0.15, 0.2) is 0 Å². The second-order valence-electron chi connectivity index (χ2n) is 8.40. The van der Waals surface area contributed by atoms with E-state index in [-0.39, 0.29) is 30.7 Å². The van der Waals surface area contributed by atoms with E-state index in [9.17, 15) is 19.2 Å². The number of benzene rings is 1. The first-order valence-electron chi connectivity index (χ1n) is 12.3. The van der Waals surface area contributed by atoms with Gasteiger partial charge in [-0.3, -0.25) is 19.2 Å². The standard InChI is InChI=1S/C25H38N4O5/c1-4-7-16-34-23(31)17-21-24(32)26-12-15-29(21)22(30)18-27-20-10-8-19(9-11-20)25(33)28(13-5-2)14-6-3/h8-11,21,27H,4-7,12-18H2,1-3H3,(H,26,32). The summed E-state index contributed by atoms with van der Waals surface area (Å²) in [5, 5.41) is 5.76. The van der Waals surface area contributed by atoms with Gasteiger partial charge in [0, 0.05) is 37.4 Å². The Labute approximate surface area is 202 Å². The van der Waals surface area contributed by atoms with Crippen LogP contribution in [-0.2, 0) is 19.1 Å². The fraction of sp³-hybridized carbons (Fsp3) is 0.600. The Kier molecular flexibility index (Phi) is 11.4. The number of unbranched alkanes of at least 4 members (excludes halogenated alkanes) is 1. The van der Waals surface area contributed by atoms with Crippen LogP contribution in [0, 0.1) is 0 Å². The summed E-state index contributed by atoms with van der Waals surface area (Å²) < 4.78 is 5.17. The molecule has 1 unspecified atom stereocenters. The van der Waals surface area contributed by atoms with E-state index in [1.54, 1.807) is 24.3 Å². The number of anilines is 1. The third-order valence-corrected chi connectivity index (χ3v) is 5.62. The smallest absolute Gasteiger partial charge is 0.308 e. The van der Waals surface area contributed by atoms with E-state index in [4.69, 9.17) is 4.74 Å². The lowest BCUT2D eigenvalue weighted by molar-refractivity contribution is -0.151. The van der Waals surface area contributed by atoms with Crippen LogP contribution in [0.5, 0.6) is 0 Å². The van der Waals surface area contributed by atoms with Gasteiger partial charge < -0.3 is 25.2 Å². The zero-order chi connectivity index (χ0) is 24.9. The number of nitrogens with one attached hydrogen (secondary N) is 2. The zero-order valence-electron chi connectivity index (χ0n) is 20.6. The summed E-state index contributed by atoms with van der Waals surface area (Å²) in [6.45, 7) is 8.49. The zero-order valence-corrected chi connectivity index (χ0v) is 20.6.